The monoisotopic (exact) mass is 742 g/mol. The number of nitrogens with zero attached hydrogens (tertiary/aromatic N) is 4. The number of aromatic nitrogens is 3. The van der Waals surface area contributed by atoms with Gasteiger partial charge in [-0.05, 0) is 64.0 Å². The van der Waals surface area contributed by atoms with E-state index in [-0.39, 0.29) is 37.0 Å². The van der Waals surface area contributed by atoms with Gasteiger partial charge in [-0.15, -0.1) is 11.3 Å². The first-order valence-electron chi connectivity index (χ1n) is 12.1. The number of ether oxygens (including phenoxy) is 1. The van der Waals surface area contributed by atoms with Gasteiger partial charge in [0.2, 0.25) is 0 Å². The van der Waals surface area contributed by atoms with Crippen LogP contribution in [-0.4, -0.2) is 39.6 Å². The Morgan fingerprint density at radius 2 is 2.03 bits per heavy atom. The number of fused-ring (bicyclic) bond motifs is 1. The smallest absolute Gasteiger partial charge is 0.412 e. The van der Waals surface area contributed by atoms with Crippen molar-refractivity contribution in [2.24, 2.45) is 16.6 Å². The summed E-state index contributed by atoms with van der Waals surface area (Å²) in [5, 5.41) is 10.5. The fourth-order valence-electron chi connectivity index (χ4n) is 3.33. The number of nitrogens with one attached hydrogen (secondary N) is 2. The first kappa shape index (κ1) is 32.9. The molecule has 0 bridgehead atoms. The number of amides is 1. The zero-order valence-corrected chi connectivity index (χ0v) is 27.5. The van der Waals surface area contributed by atoms with E-state index in [0.29, 0.717) is 33.7 Å². The topological polar surface area (TPSA) is 119 Å². The second-order valence-electron chi connectivity index (χ2n) is 9.55. The van der Waals surface area contributed by atoms with Crippen LogP contribution in [0.3, 0.4) is 0 Å². The number of alkyl carbamates (subject to hydrolysis) is 1. The van der Waals surface area contributed by atoms with Crippen molar-refractivity contribution in [3.05, 3.63) is 78.3 Å². The molecular formula is C28H38N7O2U-. The van der Waals surface area contributed by atoms with Crippen molar-refractivity contribution in [2.75, 3.05) is 7.05 Å². The Balaban J connectivity index is 0.00000722. The van der Waals surface area contributed by atoms with Crippen molar-refractivity contribution < 1.29 is 40.6 Å². The molecule has 0 aliphatic rings. The van der Waals surface area contributed by atoms with Gasteiger partial charge in [0.15, 0.2) is 0 Å². The van der Waals surface area contributed by atoms with Gasteiger partial charge in [0, 0.05) is 79.3 Å². The van der Waals surface area contributed by atoms with Gasteiger partial charge in [-0.3, -0.25) is 26.4 Å². The van der Waals surface area contributed by atoms with Crippen LogP contribution in [0.1, 0.15) is 59.2 Å². The summed E-state index contributed by atoms with van der Waals surface area (Å²) in [7, 11) is 1.66. The number of carbonyl (C=O) groups excluding carboxylic acids is 1. The average Bonchev–Trinajstić information content (AvgIpc) is 3.27. The Kier molecular flexibility index (Phi) is 12.8. The zero-order valence-electron chi connectivity index (χ0n) is 23.3. The molecule has 38 heavy (non-hydrogen) atoms. The Morgan fingerprint density at radius 3 is 2.58 bits per heavy atom. The van der Waals surface area contributed by atoms with E-state index in [1.165, 1.54) is 6.20 Å². The van der Waals surface area contributed by atoms with Gasteiger partial charge in [0.1, 0.15) is 5.60 Å². The van der Waals surface area contributed by atoms with E-state index in [4.69, 9.17) is 17.0 Å². The number of carbonyl (C=O) groups is 1. The third kappa shape index (κ3) is 9.03. The molecule has 0 saturated carbocycles. The van der Waals surface area contributed by atoms with Crippen molar-refractivity contribution in [3.63, 3.8) is 0 Å². The second kappa shape index (κ2) is 14.7. The molecule has 0 fully saturated rings. The Hall–Kier alpha value is -3.09. The predicted molar refractivity (Wildman–Crippen MR) is 150 cm³/mol. The summed E-state index contributed by atoms with van der Waals surface area (Å²) in [5.74, 6) is 0.258. The number of allylic oxidation sites excluding steroid dienone is 4. The summed E-state index contributed by atoms with van der Waals surface area (Å²) in [6, 6.07) is 0. The molecule has 9 nitrogen and oxygen atoms in total. The summed E-state index contributed by atoms with van der Waals surface area (Å²) < 4.78 is 7.06. The second-order valence-corrected chi connectivity index (χ2v) is 9.55. The largest absolute Gasteiger partial charge is 0.444 e. The molecule has 0 aromatic carbocycles. The van der Waals surface area contributed by atoms with E-state index in [9.17, 15) is 4.79 Å². The minimum Gasteiger partial charge on any atom is -0.444 e. The molecule has 2 aromatic rings. The zero-order chi connectivity index (χ0) is 27.8. The molecule has 2 aromatic heterocycles. The number of aliphatic imine (C=N–C) groups is 1. The number of hydrogen-bond acceptors (Lipinski definition) is 7. The third-order valence-corrected chi connectivity index (χ3v) is 5.65. The minimum atomic E-state index is -0.625. The van der Waals surface area contributed by atoms with Crippen LogP contribution in [0.5, 0.6) is 0 Å². The molecule has 10 heteroatoms. The fraction of sp³-hybridized carbons (Fsp3) is 0.357. The Labute approximate surface area is 249 Å². The normalized spacial score (nSPS) is 14.0. The minimum absolute atomic E-state index is 0. The maximum atomic E-state index is 12.3. The van der Waals surface area contributed by atoms with Gasteiger partial charge in [0.25, 0.3) is 0 Å². The van der Waals surface area contributed by atoms with E-state index in [2.05, 4.69) is 46.1 Å². The van der Waals surface area contributed by atoms with Crippen LogP contribution < -0.4 is 16.4 Å². The molecule has 0 spiro atoms. The van der Waals surface area contributed by atoms with E-state index in [0.717, 1.165) is 17.7 Å². The van der Waals surface area contributed by atoms with Crippen molar-refractivity contribution in [3.8, 4) is 0 Å². The summed E-state index contributed by atoms with van der Waals surface area (Å²) >= 11 is 0. The Bertz CT molecular complexity index is 1280. The standard InChI is InChI=1S/C28H38N7O2.U/c1-10-18(3)19(4)24(12-22(11-2)34-27(36)37-28(6,7)8)33-20(5)23-15-32-35-17-25(31-16-26(23)35)21(13-29)14-30-9;/h5,11-18,33H,2,10,29H2,1,3-4,6-9H3,(H,34,36);/q-1;/b21-13+,22-12+,24-19+,30-14?;. The molecule has 1 atom stereocenters. The Morgan fingerprint density at radius 1 is 1.34 bits per heavy atom. The van der Waals surface area contributed by atoms with E-state index in [1.54, 1.807) is 69.3 Å². The molecule has 0 radical (unpaired) electrons. The van der Waals surface area contributed by atoms with Crippen LogP contribution in [0.4, 0.5) is 4.79 Å². The summed E-state index contributed by atoms with van der Waals surface area (Å²) in [4.78, 5) is 20.8. The summed E-state index contributed by atoms with van der Waals surface area (Å²) in [6.45, 7) is 22.0. The molecule has 0 aliphatic carbocycles. The quantitative estimate of drug-likeness (QED) is 0.179. The molecular weight excluding hydrogens is 704 g/mol. The molecule has 202 valence electrons. The predicted octanol–water partition coefficient (Wildman–Crippen LogP) is 5.01. The molecule has 2 rings (SSSR count). The van der Waals surface area contributed by atoms with Crippen LogP contribution in [0.2, 0.25) is 0 Å². The fourth-order valence-corrected chi connectivity index (χ4v) is 3.33. The molecule has 1 unspecified atom stereocenters. The third-order valence-electron chi connectivity index (χ3n) is 5.65. The van der Waals surface area contributed by atoms with Crippen LogP contribution in [-0.2, 0) is 4.74 Å². The van der Waals surface area contributed by atoms with Crippen LogP contribution in [0, 0.1) is 43.6 Å². The van der Waals surface area contributed by atoms with Crippen LogP contribution in [0.25, 0.3) is 16.8 Å². The molecule has 0 aliphatic heterocycles. The van der Waals surface area contributed by atoms with Gasteiger partial charge < -0.3 is 15.8 Å². The number of hydrogen-bond donors (Lipinski definition) is 3. The van der Waals surface area contributed by atoms with Crippen LogP contribution >= 0.6 is 0 Å². The van der Waals surface area contributed by atoms with Gasteiger partial charge in [-0.25, -0.2) is 4.79 Å². The van der Waals surface area contributed by atoms with Gasteiger partial charge in [-0.1, -0.05) is 20.4 Å². The van der Waals surface area contributed by atoms with Gasteiger partial charge in [0.05, 0.1) is 11.9 Å². The van der Waals surface area contributed by atoms with E-state index < -0.39 is 11.7 Å². The van der Waals surface area contributed by atoms with Gasteiger partial charge >= 0.3 is 6.09 Å². The van der Waals surface area contributed by atoms with Crippen molar-refractivity contribution in [2.45, 2.75) is 53.6 Å². The van der Waals surface area contributed by atoms with Crippen molar-refractivity contribution in [1.82, 2.24) is 25.2 Å². The molecule has 2 heterocycles. The average molecular weight is 743 g/mol. The molecule has 0 saturated heterocycles. The van der Waals surface area contributed by atoms with Gasteiger partial charge in [-0.2, -0.15) is 5.10 Å². The SMILES string of the molecule is [CH-]=C(NC(/C=C(\C=C)NC(=O)OC(C)(C)C)=C(\C)C(C)CC)c1cnn2cc(/C(C=NC)=C/N)ncc12.[U]. The molecule has 1 amide bonds. The number of rotatable bonds is 10. The summed E-state index contributed by atoms with van der Waals surface area (Å²) in [5.41, 5.74) is 10.4. The number of nitrogens with two attached hydrogens (primary N) is 1. The van der Waals surface area contributed by atoms with Crippen molar-refractivity contribution in [1.29, 1.82) is 0 Å². The first-order valence-corrected chi connectivity index (χ1v) is 12.1. The maximum Gasteiger partial charge on any atom is 0.412 e. The first-order chi connectivity index (χ1) is 17.4. The molecule has 4 N–H and O–H groups in total. The van der Waals surface area contributed by atoms with E-state index >= 15 is 0 Å². The van der Waals surface area contributed by atoms with Crippen LogP contribution in [0.15, 0.2) is 65.5 Å². The summed E-state index contributed by atoms with van der Waals surface area (Å²) in [6.07, 6.45) is 11.9. The maximum absolute atomic E-state index is 12.3. The van der Waals surface area contributed by atoms with E-state index in [1.807, 2.05) is 6.92 Å². The van der Waals surface area contributed by atoms with Crippen molar-refractivity contribution >= 4 is 29.1 Å².